The largest absolute Gasteiger partial charge is 0.381 e. The van der Waals surface area contributed by atoms with Gasteiger partial charge in [-0.3, -0.25) is 4.99 Å². The third-order valence-corrected chi connectivity index (χ3v) is 5.06. The van der Waals surface area contributed by atoms with Crippen LogP contribution in [0.3, 0.4) is 0 Å². The van der Waals surface area contributed by atoms with E-state index in [4.69, 9.17) is 4.74 Å². The molecule has 1 heterocycles. The SMILES string of the molecule is CN=C(NCC1(N(C)C)CCOCC1)N(C)Cc1ccc(C)cc1. The first-order valence-electron chi connectivity index (χ1n) is 8.69. The highest BCUT2D eigenvalue weighted by Crippen LogP contribution is 2.25. The van der Waals surface area contributed by atoms with Crippen molar-refractivity contribution in [3.8, 4) is 0 Å². The Morgan fingerprint density at radius 1 is 1.17 bits per heavy atom. The van der Waals surface area contributed by atoms with Crippen LogP contribution in [0.2, 0.25) is 0 Å². The van der Waals surface area contributed by atoms with Crippen LogP contribution in [-0.4, -0.2) is 69.2 Å². The molecule has 1 aromatic carbocycles. The lowest BCUT2D eigenvalue weighted by molar-refractivity contribution is -0.00522. The van der Waals surface area contributed by atoms with Crippen LogP contribution in [0.25, 0.3) is 0 Å². The number of aryl methyl sites for hydroxylation is 1. The van der Waals surface area contributed by atoms with Crippen molar-refractivity contribution in [2.75, 3.05) is 47.9 Å². The van der Waals surface area contributed by atoms with E-state index in [9.17, 15) is 0 Å². The second-order valence-corrected chi connectivity index (χ2v) is 6.97. The van der Waals surface area contributed by atoms with Crippen LogP contribution in [0.5, 0.6) is 0 Å². The van der Waals surface area contributed by atoms with Crippen molar-refractivity contribution in [1.82, 2.24) is 15.1 Å². The maximum absolute atomic E-state index is 5.55. The molecule has 0 atom stereocenters. The average molecular weight is 332 g/mol. The van der Waals surface area contributed by atoms with E-state index in [1.54, 1.807) is 0 Å². The molecule has 24 heavy (non-hydrogen) atoms. The summed E-state index contributed by atoms with van der Waals surface area (Å²) in [4.78, 5) is 8.96. The molecule has 5 nitrogen and oxygen atoms in total. The van der Waals surface area contributed by atoms with E-state index in [2.05, 4.69) is 72.4 Å². The van der Waals surface area contributed by atoms with E-state index >= 15 is 0 Å². The zero-order chi connectivity index (χ0) is 17.6. The summed E-state index contributed by atoms with van der Waals surface area (Å²) < 4.78 is 5.55. The Kier molecular flexibility index (Phi) is 6.63. The van der Waals surface area contributed by atoms with E-state index < -0.39 is 0 Å². The van der Waals surface area contributed by atoms with E-state index in [-0.39, 0.29) is 5.54 Å². The van der Waals surface area contributed by atoms with Crippen molar-refractivity contribution in [2.24, 2.45) is 4.99 Å². The van der Waals surface area contributed by atoms with Gasteiger partial charge in [0.1, 0.15) is 0 Å². The van der Waals surface area contributed by atoms with Crippen LogP contribution in [0.1, 0.15) is 24.0 Å². The lowest BCUT2D eigenvalue weighted by atomic mass is 9.88. The summed E-state index contributed by atoms with van der Waals surface area (Å²) in [5.41, 5.74) is 2.72. The molecule has 0 spiro atoms. The van der Waals surface area contributed by atoms with Crippen LogP contribution < -0.4 is 5.32 Å². The second-order valence-electron chi connectivity index (χ2n) is 6.97. The molecular weight excluding hydrogens is 300 g/mol. The molecule has 134 valence electrons. The van der Waals surface area contributed by atoms with Gasteiger partial charge in [-0.1, -0.05) is 29.8 Å². The van der Waals surface area contributed by atoms with Crippen molar-refractivity contribution in [3.63, 3.8) is 0 Å². The summed E-state index contributed by atoms with van der Waals surface area (Å²) in [5.74, 6) is 0.934. The van der Waals surface area contributed by atoms with Crippen LogP contribution in [0.15, 0.2) is 29.3 Å². The first-order chi connectivity index (χ1) is 11.5. The Morgan fingerprint density at radius 3 is 2.33 bits per heavy atom. The van der Waals surface area contributed by atoms with Crippen molar-refractivity contribution in [1.29, 1.82) is 0 Å². The van der Waals surface area contributed by atoms with Crippen LogP contribution >= 0.6 is 0 Å². The highest BCUT2D eigenvalue weighted by atomic mass is 16.5. The fourth-order valence-electron chi connectivity index (χ4n) is 3.20. The summed E-state index contributed by atoms with van der Waals surface area (Å²) in [6, 6.07) is 8.67. The van der Waals surface area contributed by atoms with Crippen molar-refractivity contribution in [2.45, 2.75) is 31.8 Å². The van der Waals surface area contributed by atoms with Gasteiger partial charge < -0.3 is 19.9 Å². The van der Waals surface area contributed by atoms with E-state index in [0.717, 1.165) is 45.1 Å². The van der Waals surface area contributed by atoms with Gasteiger partial charge in [-0.05, 0) is 39.4 Å². The normalized spacial score (nSPS) is 17.8. The number of benzene rings is 1. The van der Waals surface area contributed by atoms with Gasteiger partial charge in [0.15, 0.2) is 5.96 Å². The molecule has 0 amide bonds. The summed E-state index contributed by atoms with van der Waals surface area (Å²) in [7, 11) is 8.25. The lowest BCUT2D eigenvalue weighted by Crippen LogP contribution is -2.57. The number of hydrogen-bond donors (Lipinski definition) is 1. The minimum Gasteiger partial charge on any atom is -0.381 e. The Bertz CT molecular complexity index is 533. The molecule has 1 aliphatic heterocycles. The molecular formula is C19H32N4O. The molecule has 1 saturated heterocycles. The predicted octanol–water partition coefficient (Wildman–Crippen LogP) is 2.11. The number of guanidine groups is 1. The van der Waals surface area contributed by atoms with E-state index in [1.807, 2.05) is 7.05 Å². The van der Waals surface area contributed by atoms with Crippen LogP contribution in [0.4, 0.5) is 0 Å². The maximum atomic E-state index is 5.55. The quantitative estimate of drug-likeness (QED) is 0.662. The molecule has 1 N–H and O–H groups in total. The number of aliphatic imine (C=N–C) groups is 1. The number of hydrogen-bond acceptors (Lipinski definition) is 3. The van der Waals surface area contributed by atoms with Gasteiger partial charge in [0, 0.05) is 45.9 Å². The predicted molar refractivity (Wildman–Crippen MR) is 100 cm³/mol. The molecule has 1 fully saturated rings. The van der Waals surface area contributed by atoms with Gasteiger partial charge in [-0.15, -0.1) is 0 Å². The van der Waals surface area contributed by atoms with Gasteiger partial charge in [0.2, 0.25) is 0 Å². The molecule has 0 saturated carbocycles. The molecule has 2 rings (SSSR count). The minimum atomic E-state index is 0.138. The molecule has 0 aromatic heterocycles. The smallest absolute Gasteiger partial charge is 0.193 e. The number of nitrogens with zero attached hydrogens (tertiary/aromatic N) is 3. The number of likely N-dealkylation sites (N-methyl/N-ethyl adjacent to an activating group) is 1. The van der Waals surface area contributed by atoms with Crippen LogP contribution in [0, 0.1) is 6.92 Å². The first kappa shape index (κ1) is 18.7. The Labute approximate surface area is 146 Å². The number of rotatable bonds is 5. The highest BCUT2D eigenvalue weighted by molar-refractivity contribution is 5.79. The highest BCUT2D eigenvalue weighted by Gasteiger charge is 2.35. The Balaban J connectivity index is 1.96. The lowest BCUT2D eigenvalue weighted by Gasteiger charge is -2.43. The van der Waals surface area contributed by atoms with Crippen LogP contribution in [-0.2, 0) is 11.3 Å². The van der Waals surface area contributed by atoms with Gasteiger partial charge in [-0.25, -0.2) is 0 Å². The van der Waals surface area contributed by atoms with Gasteiger partial charge >= 0.3 is 0 Å². The first-order valence-corrected chi connectivity index (χ1v) is 8.69. The van der Waals surface area contributed by atoms with Gasteiger partial charge in [0.05, 0.1) is 0 Å². The minimum absolute atomic E-state index is 0.138. The number of ether oxygens (including phenoxy) is 1. The zero-order valence-corrected chi connectivity index (χ0v) is 15.8. The summed E-state index contributed by atoms with van der Waals surface area (Å²) in [5, 5.41) is 3.57. The summed E-state index contributed by atoms with van der Waals surface area (Å²) >= 11 is 0. The fourth-order valence-corrected chi connectivity index (χ4v) is 3.20. The van der Waals surface area contributed by atoms with Gasteiger partial charge in [-0.2, -0.15) is 0 Å². The molecule has 0 unspecified atom stereocenters. The molecule has 0 radical (unpaired) electrons. The van der Waals surface area contributed by atoms with Crippen molar-refractivity contribution < 1.29 is 4.74 Å². The molecule has 0 aliphatic carbocycles. The number of nitrogens with one attached hydrogen (secondary N) is 1. The molecule has 0 bridgehead atoms. The standard InChI is InChI=1S/C19H32N4O/c1-16-6-8-17(9-7-16)14-23(5)18(20-2)21-15-19(22(3)4)10-12-24-13-11-19/h6-9H,10-15H2,1-5H3,(H,20,21). The molecule has 1 aliphatic rings. The monoisotopic (exact) mass is 332 g/mol. The molecule has 1 aromatic rings. The fraction of sp³-hybridized carbons (Fsp3) is 0.632. The third-order valence-electron chi connectivity index (χ3n) is 5.06. The summed E-state index contributed by atoms with van der Waals surface area (Å²) in [6.07, 6.45) is 2.09. The van der Waals surface area contributed by atoms with E-state index in [1.165, 1.54) is 11.1 Å². The van der Waals surface area contributed by atoms with E-state index in [0.29, 0.717) is 0 Å². The van der Waals surface area contributed by atoms with Crippen molar-refractivity contribution in [3.05, 3.63) is 35.4 Å². The molecule has 5 heteroatoms. The second kappa shape index (κ2) is 8.49. The van der Waals surface area contributed by atoms with Crippen molar-refractivity contribution >= 4 is 5.96 Å². The maximum Gasteiger partial charge on any atom is 0.193 e. The summed E-state index contributed by atoms with van der Waals surface area (Å²) in [6.45, 7) is 5.50. The zero-order valence-electron chi connectivity index (χ0n) is 15.8. The average Bonchev–Trinajstić information content (AvgIpc) is 2.58. The van der Waals surface area contributed by atoms with Gasteiger partial charge in [0.25, 0.3) is 0 Å². The Hall–Kier alpha value is -1.59. The third kappa shape index (κ3) is 4.71. The Morgan fingerprint density at radius 2 is 1.79 bits per heavy atom. The topological polar surface area (TPSA) is 40.1 Å².